The van der Waals surface area contributed by atoms with Crippen molar-refractivity contribution in [2.75, 3.05) is 5.32 Å². The number of nitrogens with one attached hydrogen (secondary N) is 1. The highest BCUT2D eigenvalue weighted by Gasteiger charge is 2.33. The number of alkyl halides is 3. The van der Waals surface area contributed by atoms with Crippen LogP contribution >= 0.6 is 23.2 Å². The molecule has 1 aromatic heterocycles. The first kappa shape index (κ1) is 26.6. The Morgan fingerprint density at radius 3 is 2.32 bits per heavy atom. The van der Waals surface area contributed by atoms with Gasteiger partial charge in [0.25, 0.3) is 0 Å². The summed E-state index contributed by atoms with van der Waals surface area (Å²) in [6.45, 7) is 1.82. The van der Waals surface area contributed by atoms with Crippen molar-refractivity contribution in [1.82, 2.24) is 4.98 Å². The molecule has 5 nitrogen and oxygen atoms in total. The molecule has 4 rings (SSSR count). The van der Waals surface area contributed by atoms with E-state index in [-0.39, 0.29) is 39.5 Å². The minimum Gasteiger partial charge on any atom is -0.508 e. The van der Waals surface area contributed by atoms with Crippen LogP contribution in [-0.2, 0) is 11.0 Å². The second kappa shape index (κ2) is 10.9. The van der Waals surface area contributed by atoms with Gasteiger partial charge < -0.3 is 9.52 Å². The highest BCUT2D eigenvalue weighted by molar-refractivity contribution is 6.39. The highest BCUT2D eigenvalue weighted by Crippen LogP contribution is 2.42. The molecule has 1 amide bonds. The van der Waals surface area contributed by atoms with Crippen molar-refractivity contribution in [2.24, 2.45) is 0 Å². The van der Waals surface area contributed by atoms with Crippen molar-refractivity contribution in [3.63, 3.8) is 0 Å². The summed E-state index contributed by atoms with van der Waals surface area (Å²) in [4.78, 5) is 18.0. The number of oxazole rings is 1. The number of phenolic OH excluding ortho intramolecular Hbond substituents is 1. The van der Waals surface area contributed by atoms with E-state index in [1.165, 1.54) is 0 Å². The van der Waals surface area contributed by atoms with Crippen LogP contribution in [0.2, 0.25) is 10.0 Å². The number of halogens is 5. The van der Waals surface area contributed by atoms with Gasteiger partial charge in [0, 0.05) is 16.7 Å². The zero-order chi connectivity index (χ0) is 26.7. The van der Waals surface area contributed by atoms with E-state index in [0.717, 1.165) is 12.1 Å². The lowest BCUT2D eigenvalue weighted by atomic mass is 9.91. The molecule has 1 atom stereocenters. The van der Waals surface area contributed by atoms with E-state index >= 15 is 0 Å². The van der Waals surface area contributed by atoms with Crippen molar-refractivity contribution in [2.45, 2.75) is 31.9 Å². The van der Waals surface area contributed by atoms with Gasteiger partial charge in [-0.15, -0.1) is 0 Å². The fourth-order valence-corrected chi connectivity index (χ4v) is 4.51. The molecule has 3 aromatic carbocycles. The number of carbonyl (C=O) groups is 1. The van der Waals surface area contributed by atoms with E-state index < -0.39 is 29.3 Å². The number of aromatic hydroxyl groups is 1. The summed E-state index contributed by atoms with van der Waals surface area (Å²) in [5, 5.41) is 13.6. The molecule has 0 bridgehead atoms. The Bertz CT molecular complexity index is 1400. The van der Waals surface area contributed by atoms with Crippen LogP contribution in [0.3, 0.4) is 0 Å². The number of phenols is 1. The number of carbonyl (C=O) groups excluding carboxylic acids is 1. The molecule has 0 aliphatic carbocycles. The fourth-order valence-electron chi connectivity index (χ4n) is 3.93. The lowest BCUT2D eigenvalue weighted by molar-refractivity contribution is -0.137. The summed E-state index contributed by atoms with van der Waals surface area (Å²) < 4.78 is 45.2. The van der Waals surface area contributed by atoms with E-state index in [2.05, 4.69) is 10.3 Å². The van der Waals surface area contributed by atoms with Crippen LogP contribution in [0.15, 0.2) is 71.1 Å². The maximum absolute atomic E-state index is 13.4. The van der Waals surface area contributed by atoms with Crippen LogP contribution in [0, 0.1) is 0 Å². The van der Waals surface area contributed by atoms with E-state index in [1.807, 2.05) is 13.0 Å². The number of rotatable bonds is 7. The Hall–Kier alpha value is -3.49. The van der Waals surface area contributed by atoms with E-state index in [0.29, 0.717) is 23.6 Å². The summed E-state index contributed by atoms with van der Waals surface area (Å²) in [6, 6.07) is 16.4. The minimum absolute atomic E-state index is 0.0358. The Kier molecular flexibility index (Phi) is 7.80. The van der Waals surface area contributed by atoms with Crippen LogP contribution in [0.1, 0.15) is 36.8 Å². The lowest BCUT2D eigenvalue weighted by Gasteiger charge is -2.18. The molecule has 0 fully saturated rings. The zero-order valence-electron chi connectivity index (χ0n) is 19.4. The molecule has 0 saturated heterocycles. The largest absolute Gasteiger partial charge is 0.508 e. The Morgan fingerprint density at radius 2 is 1.73 bits per heavy atom. The van der Waals surface area contributed by atoms with Crippen LogP contribution in [0.4, 0.5) is 19.1 Å². The Morgan fingerprint density at radius 1 is 1.05 bits per heavy atom. The first-order chi connectivity index (χ1) is 17.6. The van der Waals surface area contributed by atoms with Crippen LogP contribution in [0.5, 0.6) is 5.75 Å². The average molecular weight is 549 g/mol. The maximum atomic E-state index is 13.4. The van der Waals surface area contributed by atoms with Gasteiger partial charge in [0.1, 0.15) is 11.4 Å². The number of anilines is 1. The molecule has 192 valence electrons. The van der Waals surface area contributed by atoms with E-state index in [9.17, 15) is 23.1 Å². The quantitative estimate of drug-likeness (QED) is 0.242. The van der Waals surface area contributed by atoms with Gasteiger partial charge in [-0.2, -0.15) is 13.2 Å². The van der Waals surface area contributed by atoms with Crippen LogP contribution in [0.25, 0.3) is 22.7 Å². The summed E-state index contributed by atoms with van der Waals surface area (Å²) in [5.74, 6) is -2.03. The van der Waals surface area contributed by atoms with Gasteiger partial charge in [0.05, 0.1) is 21.5 Å². The van der Waals surface area contributed by atoms with Crippen molar-refractivity contribution in [1.29, 1.82) is 0 Å². The van der Waals surface area contributed by atoms with Crippen LogP contribution in [-0.4, -0.2) is 16.0 Å². The number of aromatic nitrogens is 1. The lowest BCUT2D eigenvalue weighted by Crippen LogP contribution is -2.21. The maximum Gasteiger partial charge on any atom is 0.416 e. The molecule has 0 aliphatic heterocycles. The number of hydrogen-bond acceptors (Lipinski definition) is 4. The Balaban J connectivity index is 1.76. The van der Waals surface area contributed by atoms with Gasteiger partial charge in [0.2, 0.25) is 17.7 Å². The molecular formula is C27H21Cl2F3N2O3. The van der Waals surface area contributed by atoms with Crippen molar-refractivity contribution >= 4 is 35.0 Å². The normalized spacial score (nSPS) is 12.4. The molecule has 1 heterocycles. The topological polar surface area (TPSA) is 75.4 Å². The molecule has 0 saturated carbocycles. The molecule has 0 spiro atoms. The SMILES string of the molecule is CCCC(C(=O)Nc1oc(-c2ccccc2)nc1-c1c(Cl)cccc1Cl)c1ccc(C(F)(F)F)cc1O. The first-order valence-electron chi connectivity index (χ1n) is 11.3. The molecule has 1 unspecified atom stereocenters. The predicted octanol–water partition coefficient (Wildman–Crippen LogP) is 8.56. The molecule has 10 heteroatoms. The van der Waals surface area contributed by atoms with Gasteiger partial charge in [-0.3, -0.25) is 10.1 Å². The fraction of sp³-hybridized carbons (Fsp3) is 0.185. The predicted molar refractivity (Wildman–Crippen MR) is 137 cm³/mol. The zero-order valence-corrected chi connectivity index (χ0v) is 21.0. The molecular weight excluding hydrogens is 528 g/mol. The summed E-state index contributed by atoms with van der Waals surface area (Å²) in [5.41, 5.74) is 0.222. The molecule has 0 radical (unpaired) electrons. The Labute approximate surface area is 220 Å². The summed E-state index contributed by atoms with van der Waals surface area (Å²) in [7, 11) is 0. The second-order valence-corrected chi connectivity index (χ2v) is 9.08. The molecule has 2 N–H and O–H groups in total. The number of hydrogen-bond donors (Lipinski definition) is 2. The average Bonchev–Trinajstić information content (AvgIpc) is 3.26. The molecule has 0 aliphatic rings. The van der Waals surface area contributed by atoms with Gasteiger partial charge in [-0.1, -0.05) is 66.9 Å². The first-order valence-corrected chi connectivity index (χ1v) is 12.1. The number of benzene rings is 3. The summed E-state index contributed by atoms with van der Waals surface area (Å²) >= 11 is 12.8. The second-order valence-electron chi connectivity index (χ2n) is 8.26. The molecule has 4 aromatic rings. The number of nitrogens with zero attached hydrogens (tertiary/aromatic N) is 1. The van der Waals surface area contributed by atoms with E-state index in [4.69, 9.17) is 27.6 Å². The van der Waals surface area contributed by atoms with Crippen molar-refractivity contribution in [3.05, 3.63) is 87.9 Å². The third kappa shape index (κ3) is 5.76. The third-order valence-corrected chi connectivity index (χ3v) is 6.34. The smallest absolute Gasteiger partial charge is 0.416 e. The van der Waals surface area contributed by atoms with Crippen LogP contribution < -0.4 is 5.32 Å². The van der Waals surface area contributed by atoms with E-state index in [1.54, 1.807) is 42.5 Å². The van der Waals surface area contributed by atoms with Crippen molar-refractivity contribution < 1.29 is 27.5 Å². The summed E-state index contributed by atoms with van der Waals surface area (Å²) in [6.07, 6.45) is -3.85. The van der Waals surface area contributed by atoms with Gasteiger partial charge in [0.15, 0.2) is 0 Å². The third-order valence-electron chi connectivity index (χ3n) is 5.71. The monoisotopic (exact) mass is 548 g/mol. The highest BCUT2D eigenvalue weighted by atomic mass is 35.5. The van der Waals surface area contributed by atoms with Gasteiger partial charge in [-0.05, 0) is 42.8 Å². The standard InChI is InChI=1S/C27H21Cl2F3N2O3/c1-2-7-18(17-13-12-16(14-21(17)35)27(30,31)32)24(36)34-26-23(22-19(28)10-6-11-20(22)29)33-25(37-26)15-8-4-3-5-9-15/h3-6,8-14,18,35H,2,7H2,1H3,(H,34,36). The molecule has 37 heavy (non-hydrogen) atoms. The van der Waals surface area contributed by atoms with Crippen molar-refractivity contribution in [3.8, 4) is 28.5 Å². The van der Waals surface area contributed by atoms with Gasteiger partial charge >= 0.3 is 6.18 Å². The number of amides is 1. The minimum atomic E-state index is -4.63. The van der Waals surface area contributed by atoms with Gasteiger partial charge in [-0.25, -0.2) is 4.98 Å².